The van der Waals surface area contributed by atoms with Gasteiger partial charge in [-0.25, -0.2) is 0 Å². The minimum atomic E-state index is -1.38. The highest BCUT2D eigenvalue weighted by atomic mass is 32.2. The van der Waals surface area contributed by atoms with Gasteiger partial charge < -0.3 is 9.47 Å². The maximum atomic E-state index is 14.5. The van der Waals surface area contributed by atoms with Gasteiger partial charge in [-0.2, -0.15) is 0 Å². The van der Waals surface area contributed by atoms with Crippen LogP contribution in [0.2, 0.25) is 0 Å². The number of piperidine rings is 1. The summed E-state index contributed by atoms with van der Waals surface area (Å²) in [6.45, 7) is 0. The monoisotopic (exact) mass is 473 g/mol. The van der Waals surface area contributed by atoms with Gasteiger partial charge in [-0.05, 0) is 23.3 Å². The van der Waals surface area contributed by atoms with E-state index in [4.69, 9.17) is 9.47 Å². The molecule has 2 saturated heterocycles. The number of carbonyl (C=O) groups excluding carboxylic acids is 3. The summed E-state index contributed by atoms with van der Waals surface area (Å²) in [6, 6.07) is 27.7. The molecule has 0 unspecified atom stereocenters. The highest BCUT2D eigenvalue weighted by Gasteiger charge is 2.80. The maximum Gasteiger partial charge on any atom is 0.313 e. The van der Waals surface area contributed by atoms with Crippen molar-refractivity contribution in [1.29, 1.82) is 0 Å². The molecule has 2 bridgehead atoms. The van der Waals surface area contributed by atoms with Crippen LogP contribution >= 0.6 is 11.8 Å². The van der Waals surface area contributed by atoms with E-state index in [0.717, 1.165) is 5.56 Å². The minimum Gasteiger partial charge on any atom is -0.469 e. The lowest BCUT2D eigenvalue weighted by atomic mass is 9.68. The molecule has 2 heterocycles. The molecule has 0 spiro atoms. The van der Waals surface area contributed by atoms with Crippen molar-refractivity contribution in [3.8, 4) is 0 Å². The molecule has 7 heteroatoms. The Kier molecular flexibility index (Phi) is 5.44. The Balaban J connectivity index is 1.89. The van der Waals surface area contributed by atoms with Crippen molar-refractivity contribution in [2.45, 2.75) is 9.62 Å². The number of anilines is 1. The molecule has 0 aliphatic carbocycles. The van der Waals surface area contributed by atoms with E-state index in [1.165, 1.54) is 26.0 Å². The van der Waals surface area contributed by atoms with E-state index in [9.17, 15) is 14.4 Å². The van der Waals surface area contributed by atoms with Crippen molar-refractivity contribution in [2.24, 2.45) is 11.8 Å². The van der Waals surface area contributed by atoms with E-state index in [1.54, 1.807) is 4.90 Å². The zero-order valence-corrected chi connectivity index (χ0v) is 19.5. The Bertz CT molecular complexity index is 1240. The Labute approximate surface area is 201 Å². The molecule has 0 radical (unpaired) electrons. The van der Waals surface area contributed by atoms with Gasteiger partial charge in [-0.3, -0.25) is 19.3 Å². The lowest BCUT2D eigenvalue weighted by Gasteiger charge is -2.45. The van der Waals surface area contributed by atoms with E-state index in [1.807, 2.05) is 91.0 Å². The van der Waals surface area contributed by atoms with E-state index >= 15 is 0 Å². The van der Waals surface area contributed by atoms with Gasteiger partial charge >= 0.3 is 11.9 Å². The number of methoxy groups -OCH3 is 2. The second-order valence-electron chi connectivity index (χ2n) is 8.24. The number of benzene rings is 3. The predicted molar refractivity (Wildman–Crippen MR) is 129 cm³/mol. The Morgan fingerprint density at radius 2 is 1.21 bits per heavy atom. The number of thioether (sulfide) groups is 1. The fraction of sp³-hybridized carbons (Fsp3) is 0.222. The summed E-state index contributed by atoms with van der Waals surface area (Å²) in [7, 11) is 2.58. The number of para-hydroxylation sites is 1. The van der Waals surface area contributed by atoms with E-state index in [2.05, 4.69) is 0 Å². The number of amides is 1. The first-order chi connectivity index (χ1) is 16.5. The van der Waals surface area contributed by atoms with Gasteiger partial charge in [-0.15, -0.1) is 11.8 Å². The molecule has 6 nitrogen and oxygen atoms in total. The van der Waals surface area contributed by atoms with Crippen LogP contribution in [0.25, 0.3) is 0 Å². The van der Waals surface area contributed by atoms with Crippen molar-refractivity contribution in [2.75, 3.05) is 19.1 Å². The largest absolute Gasteiger partial charge is 0.469 e. The van der Waals surface area contributed by atoms with Crippen LogP contribution in [0, 0.1) is 11.8 Å². The Morgan fingerprint density at radius 1 is 0.735 bits per heavy atom. The number of hydrogen-bond acceptors (Lipinski definition) is 6. The molecular weight excluding hydrogens is 450 g/mol. The molecule has 0 aromatic heterocycles. The van der Waals surface area contributed by atoms with E-state index in [0.29, 0.717) is 11.3 Å². The number of hydrogen-bond donors (Lipinski definition) is 0. The molecule has 1 amide bonds. The number of esters is 2. The standard InChI is InChI=1S/C27H23NO5S/c1-32-23(29)21-22(24(30)33-2)27(19-14-8-4-9-15-19)28(20-16-10-5-11-17-20)25(31)26(21,34-27)18-12-6-3-7-13-18/h3-17,21-22H,1-2H3/t21-,22-,26+,27+/m0/s1. The highest BCUT2D eigenvalue weighted by Crippen LogP contribution is 2.74. The van der Waals surface area contributed by atoms with Crippen LogP contribution in [0.15, 0.2) is 91.0 Å². The third-order valence-corrected chi connectivity index (χ3v) is 8.65. The number of ether oxygens (including phenoxy) is 2. The average Bonchev–Trinajstić information content (AvgIpc) is 3.37. The highest BCUT2D eigenvalue weighted by molar-refractivity contribution is 8.03. The van der Waals surface area contributed by atoms with Gasteiger partial charge in [0.2, 0.25) is 5.91 Å². The molecule has 4 atom stereocenters. The summed E-state index contributed by atoms with van der Waals surface area (Å²) < 4.78 is 9.08. The van der Waals surface area contributed by atoms with Gasteiger partial charge in [0.15, 0.2) is 0 Å². The van der Waals surface area contributed by atoms with Crippen LogP contribution in [0.5, 0.6) is 0 Å². The average molecular weight is 474 g/mol. The van der Waals surface area contributed by atoms with Crippen molar-refractivity contribution in [1.82, 2.24) is 0 Å². The summed E-state index contributed by atoms with van der Waals surface area (Å²) in [4.78, 5) is 41.8. The number of fused-ring (bicyclic) bond motifs is 2. The van der Waals surface area contributed by atoms with Crippen LogP contribution in [-0.2, 0) is 33.5 Å². The maximum absolute atomic E-state index is 14.5. The van der Waals surface area contributed by atoms with Crippen LogP contribution < -0.4 is 4.90 Å². The van der Waals surface area contributed by atoms with Crippen LogP contribution in [0.1, 0.15) is 11.1 Å². The third kappa shape index (κ3) is 2.86. The first kappa shape index (κ1) is 22.2. The molecule has 2 fully saturated rings. The summed E-state index contributed by atoms with van der Waals surface area (Å²) in [6.07, 6.45) is 0. The van der Waals surface area contributed by atoms with Gasteiger partial charge in [0.25, 0.3) is 0 Å². The van der Waals surface area contributed by atoms with Crippen LogP contribution in [-0.4, -0.2) is 32.1 Å². The third-order valence-electron chi connectivity index (χ3n) is 6.68. The molecule has 0 N–H and O–H groups in total. The van der Waals surface area contributed by atoms with Crippen molar-refractivity contribution in [3.63, 3.8) is 0 Å². The fourth-order valence-corrected chi connectivity index (χ4v) is 7.52. The fourth-order valence-electron chi connectivity index (χ4n) is 5.34. The predicted octanol–water partition coefficient (Wildman–Crippen LogP) is 4.11. The zero-order valence-electron chi connectivity index (χ0n) is 18.7. The van der Waals surface area contributed by atoms with E-state index < -0.39 is 33.4 Å². The number of rotatable bonds is 5. The molecule has 3 aromatic rings. The molecule has 5 rings (SSSR count). The summed E-state index contributed by atoms with van der Waals surface area (Å²) in [5.41, 5.74) is 2.02. The van der Waals surface area contributed by atoms with Crippen molar-refractivity contribution >= 4 is 35.3 Å². The first-order valence-electron chi connectivity index (χ1n) is 10.9. The number of nitrogens with zero attached hydrogens (tertiary/aromatic N) is 1. The summed E-state index contributed by atoms with van der Waals surface area (Å²) >= 11 is 1.32. The second kappa shape index (κ2) is 8.33. The molecule has 0 saturated carbocycles. The van der Waals surface area contributed by atoms with E-state index in [-0.39, 0.29) is 5.91 Å². The zero-order chi connectivity index (χ0) is 23.9. The molecule has 3 aromatic carbocycles. The van der Waals surface area contributed by atoms with Gasteiger partial charge in [0.1, 0.15) is 21.5 Å². The minimum absolute atomic E-state index is 0.269. The van der Waals surface area contributed by atoms with Gasteiger partial charge in [0.05, 0.1) is 14.2 Å². The topological polar surface area (TPSA) is 72.9 Å². The molecule has 34 heavy (non-hydrogen) atoms. The molecule has 172 valence electrons. The summed E-state index contributed by atoms with van der Waals surface area (Å²) in [5, 5.41) is 0. The lowest BCUT2D eigenvalue weighted by Crippen LogP contribution is -2.61. The van der Waals surface area contributed by atoms with Crippen LogP contribution in [0.4, 0.5) is 5.69 Å². The lowest BCUT2D eigenvalue weighted by molar-refractivity contribution is -0.163. The normalized spacial score (nSPS) is 27.5. The smallest absolute Gasteiger partial charge is 0.313 e. The molecule has 2 aliphatic heterocycles. The SMILES string of the molecule is COC(=O)[C@@H]1[C@@H](C(=O)OC)[C@@]2(c3ccccc3)S[C@@]1(c1ccccc1)C(=O)N2c1ccccc1. The quantitative estimate of drug-likeness (QED) is 0.520. The van der Waals surface area contributed by atoms with Crippen molar-refractivity contribution in [3.05, 3.63) is 102 Å². The molecule has 2 aliphatic rings. The summed E-state index contributed by atoms with van der Waals surface area (Å²) in [5.74, 6) is -3.54. The Morgan fingerprint density at radius 3 is 1.74 bits per heavy atom. The first-order valence-corrected chi connectivity index (χ1v) is 11.7. The second-order valence-corrected chi connectivity index (χ2v) is 9.71. The van der Waals surface area contributed by atoms with Gasteiger partial charge in [0, 0.05) is 5.69 Å². The van der Waals surface area contributed by atoms with Crippen LogP contribution in [0.3, 0.4) is 0 Å². The van der Waals surface area contributed by atoms with Gasteiger partial charge in [-0.1, -0.05) is 78.9 Å². The molecular formula is C27H23NO5S. The number of carbonyl (C=O) groups is 3. The van der Waals surface area contributed by atoms with Crippen molar-refractivity contribution < 1.29 is 23.9 Å². The Hall–Kier alpha value is -3.58.